The van der Waals surface area contributed by atoms with Gasteiger partial charge in [-0.05, 0) is 101 Å². The highest BCUT2D eigenvalue weighted by Gasteiger charge is 2.37. The van der Waals surface area contributed by atoms with Gasteiger partial charge in [0.15, 0.2) is 0 Å². The van der Waals surface area contributed by atoms with Crippen LogP contribution in [-0.4, -0.2) is 96.6 Å². The van der Waals surface area contributed by atoms with Crippen molar-refractivity contribution in [3.8, 4) is 11.8 Å². The number of aldehydes is 1. The molecule has 3 atom stereocenters. The van der Waals surface area contributed by atoms with Gasteiger partial charge < -0.3 is 25.6 Å². The fourth-order valence-corrected chi connectivity index (χ4v) is 9.50. The number of amides is 2. The second kappa shape index (κ2) is 18.2. The maximum atomic E-state index is 13.3. The highest BCUT2D eigenvalue weighted by molar-refractivity contribution is 7.17. The van der Waals surface area contributed by atoms with Crippen LogP contribution >= 0.6 is 22.9 Å². The highest BCUT2D eigenvalue weighted by atomic mass is 35.5. The minimum Gasteiger partial charge on any atom is -0.384 e. The Balaban J connectivity index is 0.939. The van der Waals surface area contributed by atoms with Crippen molar-refractivity contribution in [3.05, 3.63) is 104 Å². The van der Waals surface area contributed by atoms with Crippen LogP contribution in [0, 0.1) is 35.5 Å². The lowest BCUT2D eigenvalue weighted by Crippen LogP contribution is -2.46. The lowest BCUT2D eigenvalue weighted by Gasteiger charge is -2.33. The van der Waals surface area contributed by atoms with E-state index in [2.05, 4.69) is 51.0 Å². The number of halogens is 1. The summed E-state index contributed by atoms with van der Waals surface area (Å²) in [5.41, 5.74) is 7.17. The van der Waals surface area contributed by atoms with Crippen molar-refractivity contribution in [1.82, 2.24) is 20.4 Å². The first-order valence-electron chi connectivity index (χ1n) is 20.1. The summed E-state index contributed by atoms with van der Waals surface area (Å²) in [7, 11) is 1.55. The number of dihydropyridines is 1. The average Bonchev–Trinajstić information content (AvgIpc) is 3.71. The van der Waals surface area contributed by atoms with Crippen LogP contribution in [0.5, 0.6) is 0 Å². The molecule has 4 aliphatic rings. The van der Waals surface area contributed by atoms with E-state index < -0.39 is 12.1 Å². The summed E-state index contributed by atoms with van der Waals surface area (Å²) in [5, 5.41) is 28.6. The van der Waals surface area contributed by atoms with Crippen LogP contribution in [0.1, 0.15) is 77.0 Å². The molecule has 0 aliphatic carbocycles. The fourth-order valence-electron chi connectivity index (χ4n) is 8.13. The molecule has 0 bridgehead atoms. The van der Waals surface area contributed by atoms with Gasteiger partial charge >= 0.3 is 0 Å². The number of nitrogens with zero attached hydrogens (tertiary/aromatic N) is 4. The Morgan fingerprint density at radius 3 is 2.63 bits per heavy atom. The monoisotopic (exact) mass is 831 g/mol. The van der Waals surface area contributed by atoms with Gasteiger partial charge in [0.1, 0.15) is 41.1 Å². The predicted molar refractivity (Wildman–Crippen MR) is 237 cm³/mol. The quantitative estimate of drug-likeness (QED) is 0.0651. The first-order chi connectivity index (χ1) is 28.5. The number of thiophene rings is 1. The summed E-state index contributed by atoms with van der Waals surface area (Å²) in [4.78, 5) is 48.6. The van der Waals surface area contributed by atoms with Gasteiger partial charge in [-0.25, -0.2) is 0 Å². The molecule has 4 aliphatic heterocycles. The van der Waals surface area contributed by atoms with Crippen LogP contribution in [0.4, 0.5) is 10.7 Å². The highest BCUT2D eigenvalue weighted by Crippen LogP contribution is 2.40. The van der Waals surface area contributed by atoms with E-state index in [-0.39, 0.29) is 35.9 Å². The van der Waals surface area contributed by atoms with Gasteiger partial charge in [0.2, 0.25) is 5.91 Å². The van der Waals surface area contributed by atoms with Crippen LogP contribution in [0.3, 0.4) is 0 Å². The Hall–Kier alpha value is -5.55. The van der Waals surface area contributed by atoms with Crippen molar-refractivity contribution < 1.29 is 14.4 Å². The third-order valence-electron chi connectivity index (χ3n) is 11.4. The number of carbonyl (C=O) groups is 3. The second-order valence-corrected chi connectivity index (χ2v) is 16.9. The van der Waals surface area contributed by atoms with Gasteiger partial charge in [0, 0.05) is 72.3 Å². The first kappa shape index (κ1) is 41.6. The van der Waals surface area contributed by atoms with Crippen LogP contribution in [0.15, 0.2) is 71.4 Å². The Bertz CT molecular complexity index is 2310. The number of piperidine rings is 1. The van der Waals surface area contributed by atoms with Crippen molar-refractivity contribution in [1.29, 1.82) is 10.8 Å². The molecule has 14 heteroatoms. The fraction of sp³-hybridized carbons (Fsp3) is 0.378. The van der Waals surface area contributed by atoms with E-state index in [1.807, 2.05) is 56.3 Å². The molecular formula is C45H50ClN9O3S. The maximum Gasteiger partial charge on any atom is 0.255 e. The number of carbonyl (C=O) groups excluding carboxylic acids is 3. The van der Waals surface area contributed by atoms with Crippen LogP contribution in [0.25, 0.3) is 0 Å². The number of fused-ring (bicyclic) bond motifs is 2. The van der Waals surface area contributed by atoms with Crippen LogP contribution < -0.4 is 20.9 Å². The Kier molecular flexibility index (Phi) is 12.8. The second-order valence-electron chi connectivity index (χ2n) is 15.4. The van der Waals surface area contributed by atoms with Crippen molar-refractivity contribution >= 4 is 69.1 Å². The molecule has 306 valence electrons. The molecule has 12 nitrogen and oxygen atoms in total. The summed E-state index contributed by atoms with van der Waals surface area (Å²) >= 11 is 7.71. The van der Waals surface area contributed by atoms with Crippen molar-refractivity contribution in [2.24, 2.45) is 10.9 Å². The summed E-state index contributed by atoms with van der Waals surface area (Å²) in [5.74, 6) is 7.36. The SMILES string of the molecule is CNC(=O)C(CCC=O)N1Cc2c(NCC3CCN(CC4=CNC(C#Cc5sc6c(c5C)C(c5ccc(Cl)cc5)=N[C@@H](C)C(=N)N6C(C)=N)C=C4)CC3)cccc2C1=O. The molecule has 1 fully saturated rings. The number of likely N-dealkylation sites (N-methyl/N-ethyl adjacent to an activating group) is 1. The molecule has 0 saturated carbocycles. The zero-order chi connectivity index (χ0) is 41.8. The number of hydrogen-bond acceptors (Lipinski definition) is 10. The summed E-state index contributed by atoms with van der Waals surface area (Å²) in [6.07, 6.45) is 9.71. The molecule has 1 saturated heterocycles. The normalized spacial score (nSPS) is 19.7. The molecule has 5 heterocycles. The summed E-state index contributed by atoms with van der Waals surface area (Å²) in [6.45, 7) is 9.57. The van der Waals surface area contributed by atoms with E-state index in [0.717, 1.165) is 88.8 Å². The predicted octanol–water partition coefficient (Wildman–Crippen LogP) is 6.37. The smallest absolute Gasteiger partial charge is 0.255 e. The molecule has 1 aromatic heterocycles. The Morgan fingerprint density at radius 2 is 1.95 bits per heavy atom. The van der Waals surface area contributed by atoms with E-state index in [4.69, 9.17) is 27.4 Å². The minimum absolute atomic E-state index is 0.159. The third-order valence-corrected chi connectivity index (χ3v) is 12.9. The van der Waals surface area contributed by atoms with Crippen molar-refractivity contribution in [2.45, 2.75) is 71.1 Å². The molecule has 5 N–H and O–H groups in total. The third kappa shape index (κ3) is 8.90. The molecular weight excluding hydrogens is 782 g/mol. The van der Waals surface area contributed by atoms with E-state index in [1.165, 1.54) is 16.9 Å². The maximum absolute atomic E-state index is 13.3. The Morgan fingerprint density at radius 1 is 1.19 bits per heavy atom. The number of anilines is 2. The number of nitrogens with one attached hydrogen (secondary N) is 5. The molecule has 7 rings (SSSR count). The zero-order valence-electron chi connectivity index (χ0n) is 33.8. The van der Waals surface area contributed by atoms with E-state index >= 15 is 0 Å². The number of aliphatic imine (C=N–C) groups is 1. The molecule has 2 unspecified atom stereocenters. The minimum atomic E-state index is -0.686. The van der Waals surface area contributed by atoms with Crippen molar-refractivity contribution in [3.63, 3.8) is 0 Å². The van der Waals surface area contributed by atoms with E-state index in [9.17, 15) is 14.4 Å². The van der Waals surface area contributed by atoms with Gasteiger partial charge in [-0.1, -0.05) is 47.7 Å². The van der Waals surface area contributed by atoms with Gasteiger partial charge in [-0.3, -0.25) is 35.2 Å². The lowest BCUT2D eigenvalue weighted by molar-refractivity contribution is -0.125. The van der Waals surface area contributed by atoms with Crippen molar-refractivity contribution in [2.75, 3.05) is 43.4 Å². The zero-order valence-corrected chi connectivity index (χ0v) is 35.4. The largest absolute Gasteiger partial charge is 0.384 e. The van der Waals surface area contributed by atoms with Crippen LogP contribution in [-0.2, 0) is 16.1 Å². The number of amidine groups is 2. The molecule has 0 spiro atoms. The molecule has 3 aromatic rings. The van der Waals surface area contributed by atoms with Gasteiger partial charge in [-0.15, -0.1) is 11.3 Å². The number of likely N-dealkylation sites (tertiary alicyclic amines) is 1. The van der Waals surface area contributed by atoms with E-state index in [1.54, 1.807) is 23.8 Å². The molecule has 59 heavy (non-hydrogen) atoms. The number of benzene rings is 2. The van der Waals surface area contributed by atoms with Gasteiger partial charge in [0.25, 0.3) is 5.91 Å². The van der Waals surface area contributed by atoms with Gasteiger partial charge in [-0.2, -0.15) is 0 Å². The number of hydrogen-bond donors (Lipinski definition) is 5. The van der Waals surface area contributed by atoms with Crippen LogP contribution in [0.2, 0.25) is 5.02 Å². The summed E-state index contributed by atoms with van der Waals surface area (Å²) in [6, 6.07) is 12.0. The molecule has 2 aromatic carbocycles. The average molecular weight is 832 g/mol. The molecule has 0 radical (unpaired) electrons. The summed E-state index contributed by atoms with van der Waals surface area (Å²) < 4.78 is 0. The Labute approximate surface area is 354 Å². The topological polar surface area (TPSA) is 157 Å². The van der Waals surface area contributed by atoms with Gasteiger partial charge in [0.05, 0.1) is 10.6 Å². The molecule has 2 amide bonds. The first-order valence-corrected chi connectivity index (χ1v) is 21.3. The van der Waals surface area contributed by atoms with E-state index in [0.29, 0.717) is 29.5 Å². The standard InChI is InChI=1S/C45H50ClN9O3S/c1-27-39(59-45-40(27)41(32-11-13-33(46)14-12-32)52-28(2)42(48)55(45)29(3)47)17-16-34-15-10-31(24-50-34)25-53-20-18-30(19-21-53)23-51-37-8-5-7-35-36(37)26-54(44(35)58)38(9-6-22-56)43(57)49-4/h5,7-8,10-15,22,24,28,30,34,38,47-48,50-51H,6,9,18-21,23,25-26H2,1-4H3,(H,49,57)/t28-,34?,38?/m0/s1. The lowest BCUT2D eigenvalue weighted by atomic mass is 9.96. The number of rotatable bonds is 11.